The smallest absolute Gasteiger partial charge is 0.151 e. The molecule has 0 amide bonds. The maximum Gasteiger partial charge on any atom is 0.151 e. The molecule has 2 aromatic carbocycles. The largest absolute Gasteiger partial charge is 0.368 e. The van der Waals surface area contributed by atoms with Crippen molar-refractivity contribution in [1.82, 2.24) is 0 Å². The SMILES string of the molecule is CC(c1ccccc1F)N(C)c1ccc(C=O)c(Cl)c1. The van der Waals surface area contributed by atoms with Crippen molar-refractivity contribution in [2.75, 3.05) is 11.9 Å². The predicted octanol–water partition coefficient (Wildman–Crippen LogP) is 4.49. The highest BCUT2D eigenvalue weighted by Crippen LogP contribution is 2.29. The van der Waals surface area contributed by atoms with E-state index in [1.807, 2.05) is 24.9 Å². The van der Waals surface area contributed by atoms with Gasteiger partial charge in [-0.3, -0.25) is 4.79 Å². The summed E-state index contributed by atoms with van der Waals surface area (Å²) in [5.41, 5.74) is 1.89. The summed E-state index contributed by atoms with van der Waals surface area (Å²) in [7, 11) is 1.86. The molecule has 0 bridgehead atoms. The van der Waals surface area contributed by atoms with Gasteiger partial charge in [-0.15, -0.1) is 0 Å². The van der Waals surface area contributed by atoms with Crippen LogP contribution in [0.2, 0.25) is 5.02 Å². The van der Waals surface area contributed by atoms with Gasteiger partial charge in [0.15, 0.2) is 6.29 Å². The van der Waals surface area contributed by atoms with Gasteiger partial charge in [0.05, 0.1) is 11.1 Å². The molecule has 0 aliphatic carbocycles. The van der Waals surface area contributed by atoms with E-state index >= 15 is 0 Å². The Labute approximate surface area is 122 Å². The lowest BCUT2D eigenvalue weighted by molar-refractivity contribution is 0.112. The molecule has 0 fully saturated rings. The Hall–Kier alpha value is -1.87. The molecular formula is C16H15ClFNO. The molecule has 20 heavy (non-hydrogen) atoms. The maximum atomic E-state index is 13.8. The van der Waals surface area contributed by atoms with Crippen molar-refractivity contribution in [3.8, 4) is 0 Å². The van der Waals surface area contributed by atoms with Crippen molar-refractivity contribution in [3.05, 3.63) is 64.4 Å². The number of halogens is 2. The Morgan fingerprint density at radius 2 is 1.95 bits per heavy atom. The zero-order valence-electron chi connectivity index (χ0n) is 11.3. The average molecular weight is 292 g/mol. The van der Waals surface area contributed by atoms with E-state index in [2.05, 4.69) is 0 Å². The normalized spacial score (nSPS) is 12.0. The van der Waals surface area contributed by atoms with E-state index in [9.17, 15) is 9.18 Å². The first-order valence-corrected chi connectivity index (χ1v) is 6.64. The lowest BCUT2D eigenvalue weighted by Gasteiger charge is -2.28. The van der Waals surface area contributed by atoms with Gasteiger partial charge >= 0.3 is 0 Å². The number of rotatable bonds is 4. The number of hydrogen-bond donors (Lipinski definition) is 0. The number of aldehydes is 1. The van der Waals surface area contributed by atoms with E-state index in [1.165, 1.54) is 6.07 Å². The molecule has 0 spiro atoms. The van der Waals surface area contributed by atoms with Crippen molar-refractivity contribution >= 4 is 23.6 Å². The number of carbonyl (C=O) groups excluding carboxylic acids is 1. The molecule has 2 nitrogen and oxygen atoms in total. The highest BCUT2D eigenvalue weighted by atomic mass is 35.5. The summed E-state index contributed by atoms with van der Waals surface area (Å²) < 4.78 is 13.8. The Morgan fingerprint density at radius 3 is 2.55 bits per heavy atom. The van der Waals surface area contributed by atoms with Crippen LogP contribution in [-0.4, -0.2) is 13.3 Å². The first-order valence-electron chi connectivity index (χ1n) is 6.26. The van der Waals surface area contributed by atoms with Gasteiger partial charge in [-0.2, -0.15) is 0 Å². The summed E-state index contributed by atoms with van der Waals surface area (Å²) in [4.78, 5) is 12.7. The molecule has 0 aliphatic heterocycles. The highest BCUT2D eigenvalue weighted by molar-refractivity contribution is 6.33. The molecule has 4 heteroatoms. The second-order valence-corrected chi connectivity index (χ2v) is 5.04. The van der Waals surface area contributed by atoms with Crippen LogP contribution < -0.4 is 4.90 Å². The van der Waals surface area contributed by atoms with Crippen LogP contribution in [0.5, 0.6) is 0 Å². The van der Waals surface area contributed by atoms with E-state index in [0.29, 0.717) is 22.4 Å². The van der Waals surface area contributed by atoms with Crippen LogP contribution in [0.4, 0.5) is 10.1 Å². The third-order valence-corrected chi connectivity index (χ3v) is 3.78. The second-order valence-electron chi connectivity index (χ2n) is 4.63. The molecule has 0 heterocycles. The van der Waals surface area contributed by atoms with Crippen LogP contribution in [0.15, 0.2) is 42.5 Å². The third-order valence-electron chi connectivity index (χ3n) is 3.45. The van der Waals surface area contributed by atoms with Gasteiger partial charge in [-0.1, -0.05) is 29.8 Å². The van der Waals surface area contributed by atoms with Crippen molar-refractivity contribution < 1.29 is 9.18 Å². The quantitative estimate of drug-likeness (QED) is 0.774. The fraction of sp³-hybridized carbons (Fsp3) is 0.188. The molecule has 2 rings (SSSR count). The molecule has 0 aliphatic rings. The minimum absolute atomic E-state index is 0.144. The number of anilines is 1. The predicted molar refractivity (Wildman–Crippen MR) is 80.1 cm³/mol. The van der Waals surface area contributed by atoms with Crippen LogP contribution in [0.25, 0.3) is 0 Å². The van der Waals surface area contributed by atoms with E-state index in [4.69, 9.17) is 11.6 Å². The molecule has 1 unspecified atom stereocenters. The molecule has 0 saturated heterocycles. The van der Waals surface area contributed by atoms with Crippen LogP contribution >= 0.6 is 11.6 Å². The summed E-state index contributed by atoms with van der Waals surface area (Å²) in [5, 5.41) is 0.394. The number of hydrogen-bond acceptors (Lipinski definition) is 2. The number of nitrogens with zero attached hydrogens (tertiary/aromatic N) is 1. The van der Waals surface area contributed by atoms with Crippen LogP contribution in [0, 0.1) is 5.82 Å². The van der Waals surface area contributed by atoms with Crippen molar-refractivity contribution in [2.24, 2.45) is 0 Å². The summed E-state index contributed by atoms with van der Waals surface area (Å²) in [5.74, 6) is -0.234. The summed E-state index contributed by atoms with van der Waals surface area (Å²) in [6.07, 6.45) is 0.715. The van der Waals surface area contributed by atoms with Crippen molar-refractivity contribution in [3.63, 3.8) is 0 Å². The maximum absolute atomic E-state index is 13.8. The lowest BCUT2D eigenvalue weighted by Crippen LogP contribution is -2.22. The molecule has 104 valence electrons. The van der Waals surface area contributed by atoms with Gasteiger partial charge in [-0.05, 0) is 31.2 Å². The van der Waals surface area contributed by atoms with Gasteiger partial charge in [0.1, 0.15) is 5.82 Å². The molecular weight excluding hydrogens is 277 g/mol. The highest BCUT2D eigenvalue weighted by Gasteiger charge is 2.16. The zero-order valence-corrected chi connectivity index (χ0v) is 12.1. The first kappa shape index (κ1) is 14.5. The lowest BCUT2D eigenvalue weighted by atomic mass is 10.1. The van der Waals surface area contributed by atoms with Gasteiger partial charge in [-0.25, -0.2) is 4.39 Å². The van der Waals surface area contributed by atoms with Gasteiger partial charge < -0.3 is 4.90 Å². The summed E-state index contributed by atoms with van der Waals surface area (Å²) in [6.45, 7) is 1.92. The van der Waals surface area contributed by atoms with Gasteiger partial charge in [0, 0.05) is 23.9 Å². The molecule has 0 aromatic heterocycles. The molecule has 1 atom stereocenters. The fourth-order valence-electron chi connectivity index (χ4n) is 2.08. The minimum atomic E-state index is -0.234. The van der Waals surface area contributed by atoms with Crippen molar-refractivity contribution in [1.29, 1.82) is 0 Å². The van der Waals surface area contributed by atoms with Gasteiger partial charge in [0.25, 0.3) is 0 Å². The number of carbonyl (C=O) groups is 1. The fourth-order valence-corrected chi connectivity index (χ4v) is 2.30. The van der Waals surface area contributed by atoms with E-state index in [1.54, 1.807) is 30.3 Å². The minimum Gasteiger partial charge on any atom is -0.368 e. The first-order chi connectivity index (χ1) is 9.54. The Bertz CT molecular complexity index is 630. The topological polar surface area (TPSA) is 20.3 Å². The van der Waals surface area contributed by atoms with Crippen molar-refractivity contribution in [2.45, 2.75) is 13.0 Å². The average Bonchev–Trinajstić information content (AvgIpc) is 2.46. The van der Waals surface area contributed by atoms with Crippen LogP contribution in [-0.2, 0) is 0 Å². The zero-order chi connectivity index (χ0) is 14.7. The molecule has 0 N–H and O–H groups in total. The summed E-state index contributed by atoms with van der Waals surface area (Å²) in [6, 6.07) is 11.7. The Kier molecular flexibility index (Phi) is 4.40. The second kappa shape index (κ2) is 6.06. The van der Waals surface area contributed by atoms with Crippen LogP contribution in [0.1, 0.15) is 28.9 Å². The summed E-state index contributed by atoms with van der Waals surface area (Å²) >= 11 is 6.02. The third kappa shape index (κ3) is 2.83. The standard InChI is InChI=1S/C16H15ClFNO/c1-11(14-5-3-4-6-16(14)18)19(2)13-8-7-12(10-20)15(17)9-13/h3-11H,1-2H3. The Morgan fingerprint density at radius 1 is 1.25 bits per heavy atom. The molecule has 2 aromatic rings. The molecule has 0 radical (unpaired) electrons. The van der Waals surface area contributed by atoms with Crippen LogP contribution in [0.3, 0.4) is 0 Å². The van der Waals surface area contributed by atoms with E-state index < -0.39 is 0 Å². The molecule has 0 saturated carbocycles. The Balaban J connectivity index is 2.31. The van der Waals surface area contributed by atoms with Gasteiger partial charge in [0.2, 0.25) is 0 Å². The number of benzene rings is 2. The van der Waals surface area contributed by atoms with E-state index in [0.717, 1.165) is 5.69 Å². The van der Waals surface area contributed by atoms with E-state index in [-0.39, 0.29) is 11.9 Å². The monoisotopic (exact) mass is 291 g/mol.